The van der Waals surface area contributed by atoms with Gasteiger partial charge in [-0.15, -0.1) is 13.2 Å². The fraction of sp³-hybridized carbons (Fsp3) is 0.364. The van der Waals surface area contributed by atoms with Gasteiger partial charge in [0.15, 0.2) is 11.6 Å². The number of benzene rings is 1. The minimum Gasteiger partial charge on any atom is -0.403 e. The van der Waals surface area contributed by atoms with Gasteiger partial charge < -0.3 is 9.64 Å². The van der Waals surface area contributed by atoms with Crippen LogP contribution in [0.5, 0.6) is 5.75 Å². The predicted molar refractivity (Wildman–Crippen MR) is 62.8 cm³/mol. The minimum absolute atomic E-state index is 0.0471. The number of amides is 1. The second-order valence-corrected chi connectivity index (χ2v) is 5.26. The highest BCUT2D eigenvalue weighted by Crippen LogP contribution is 2.31. The van der Waals surface area contributed by atoms with Crippen LogP contribution in [-0.4, -0.2) is 23.6 Å². The monoisotopic (exact) mass is 341 g/mol. The fourth-order valence-electron chi connectivity index (χ4n) is 1.78. The van der Waals surface area contributed by atoms with Crippen molar-refractivity contribution in [2.24, 2.45) is 0 Å². The van der Waals surface area contributed by atoms with E-state index in [2.05, 4.69) is 20.7 Å². The normalized spacial score (nSPS) is 19.9. The summed E-state index contributed by atoms with van der Waals surface area (Å²) in [5.41, 5.74) is 0.207. The molecule has 104 valence electrons. The maximum atomic E-state index is 13.5. The highest BCUT2D eigenvalue weighted by molar-refractivity contribution is 9.09. The molecule has 1 aromatic rings. The highest BCUT2D eigenvalue weighted by Gasteiger charge is 2.33. The maximum Gasteiger partial charge on any atom is 0.573 e. The smallest absolute Gasteiger partial charge is 0.403 e. The van der Waals surface area contributed by atoms with Crippen LogP contribution in [0.2, 0.25) is 0 Å². The van der Waals surface area contributed by atoms with Gasteiger partial charge in [-0.05, 0) is 12.1 Å². The van der Waals surface area contributed by atoms with Gasteiger partial charge >= 0.3 is 6.36 Å². The van der Waals surface area contributed by atoms with Crippen molar-refractivity contribution in [1.82, 2.24) is 0 Å². The number of ether oxygens (including phenoxy) is 1. The highest BCUT2D eigenvalue weighted by atomic mass is 79.9. The van der Waals surface area contributed by atoms with Crippen LogP contribution in [-0.2, 0) is 4.79 Å². The number of halogens is 5. The lowest BCUT2D eigenvalue weighted by molar-refractivity contribution is -0.275. The predicted octanol–water partition coefficient (Wildman–Crippen LogP) is 3.22. The SMILES string of the molecule is O=C1CC(Br)CN1c1ccc(OC(F)(F)F)c(F)c1. The van der Waals surface area contributed by atoms with Gasteiger partial charge in [-0.1, -0.05) is 15.9 Å². The topological polar surface area (TPSA) is 29.5 Å². The van der Waals surface area contributed by atoms with Gasteiger partial charge in [0.05, 0.1) is 0 Å². The summed E-state index contributed by atoms with van der Waals surface area (Å²) in [6, 6.07) is 2.92. The molecule has 3 nitrogen and oxygen atoms in total. The molecule has 1 heterocycles. The molecule has 1 aliphatic rings. The van der Waals surface area contributed by atoms with Crippen LogP contribution < -0.4 is 9.64 Å². The first kappa shape index (κ1) is 14.1. The summed E-state index contributed by atoms with van der Waals surface area (Å²) < 4.78 is 52.9. The van der Waals surface area contributed by atoms with E-state index in [9.17, 15) is 22.4 Å². The van der Waals surface area contributed by atoms with Crippen LogP contribution in [0.1, 0.15) is 6.42 Å². The summed E-state index contributed by atoms with van der Waals surface area (Å²) in [6.45, 7) is 0.345. The average Bonchev–Trinajstić information content (AvgIpc) is 2.59. The van der Waals surface area contributed by atoms with E-state index in [-0.39, 0.29) is 22.8 Å². The number of hydrogen-bond acceptors (Lipinski definition) is 2. The van der Waals surface area contributed by atoms with E-state index in [1.54, 1.807) is 0 Å². The lowest BCUT2D eigenvalue weighted by Crippen LogP contribution is -2.25. The van der Waals surface area contributed by atoms with Gasteiger partial charge in [-0.2, -0.15) is 0 Å². The summed E-state index contributed by atoms with van der Waals surface area (Å²) in [7, 11) is 0. The number of hydrogen-bond donors (Lipinski definition) is 0. The Labute approximate surface area is 114 Å². The zero-order chi connectivity index (χ0) is 14.2. The first-order valence-corrected chi connectivity index (χ1v) is 6.17. The third-order valence-corrected chi connectivity index (χ3v) is 3.14. The molecule has 0 radical (unpaired) electrons. The summed E-state index contributed by atoms with van der Waals surface area (Å²) in [6.07, 6.45) is -4.69. The molecule has 0 aromatic heterocycles. The van der Waals surface area contributed by atoms with E-state index in [0.717, 1.165) is 12.1 Å². The summed E-state index contributed by atoms with van der Waals surface area (Å²) >= 11 is 3.26. The molecule has 1 atom stereocenters. The number of anilines is 1. The van der Waals surface area contributed by atoms with Gasteiger partial charge in [0.25, 0.3) is 0 Å². The molecule has 0 bridgehead atoms. The van der Waals surface area contributed by atoms with E-state index in [4.69, 9.17) is 0 Å². The van der Waals surface area contributed by atoms with Crippen molar-refractivity contribution in [1.29, 1.82) is 0 Å². The molecule has 0 N–H and O–H groups in total. The summed E-state index contributed by atoms with van der Waals surface area (Å²) in [5.74, 6) is -2.30. The van der Waals surface area contributed by atoms with Crippen LogP contribution in [0.25, 0.3) is 0 Å². The quantitative estimate of drug-likeness (QED) is 0.610. The molecule has 2 rings (SSSR count). The van der Waals surface area contributed by atoms with Crippen LogP contribution in [0.3, 0.4) is 0 Å². The van der Waals surface area contributed by atoms with Crippen molar-refractivity contribution in [3.8, 4) is 5.75 Å². The Bertz CT molecular complexity index is 506. The second kappa shape index (κ2) is 4.99. The largest absolute Gasteiger partial charge is 0.573 e. The first-order valence-electron chi connectivity index (χ1n) is 5.26. The molecule has 0 aliphatic carbocycles. The number of alkyl halides is 4. The van der Waals surface area contributed by atoms with Crippen LogP contribution >= 0.6 is 15.9 Å². The third kappa shape index (κ3) is 3.37. The Balaban J connectivity index is 2.22. The van der Waals surface area contributed by atoms with Gasteiger partial charge in [-0.25, -0.2) is 4.39 Å². The van der Waals surface area contributed by atoms with Crippen molar-refractivity contribution in [3.05, 3.63) is 24.0 Å². The number of nitrogens with zero attached hydrogens (tertiary/aromatic N) is 1. The van der Waals surface area contributed by atoms with Gasteiger partial charge in [-0.3, -0.25) is 4.79 Å². The second-order valence-electron chi connectivity index (χ2n) is 3.97. The van der Waals surface area contributed by atoms with Crippen molar-refractivity contribution in [3.63, 3.8) is 0 Å². The molecule has 1 fully saturated rings. The third-order valence-electron chi connectivity index (χ3n) is 2.53. The molecule has 1 saturated heterocycles. The van der Waals surface area contributed by atoms with Crippen LogP contribution in [0, 0.1) is 5.82 Å². The Morgan fingerprint density at radius 2 is 2.05 bits per heavy atom. The molecule has 0 spiro atoms. The van der Waals surface area contributed by atoms with E-state index in [1.165, 1.54) is 11.0 Å². The van der Waals surface area contributed by atoms with Gasteiger partial charge in [0.2, 0.25) is 5.91 Å². The Morgan fingerprint density at radius 1 is 1.37 bits per heavy atom. The first-order chi connectivity index (χ1) is 8.76. The molecule has 1 unspecified atom stereocenters. The lowest BCUT2D eigenvalue weighted by Gasteiger charge is -2.17. The van der Waals surface area contributed by atoms with E-state index >= 15 is 0 Å². The summed E-state index contributed by atoms with van der Waals surface area (Å²) in [4.78, 5) is 12.8. The van der Waals surface area contributed by atoms with E-state index in [1.807, 2.05) is 0 Å². The zero-order valence-corrected chi connectivity index (χ0v) is 11.0. The molecule has 8 heteroatoms. The fourth-order valence-corrected chi connectivity index (χ4v) is 2.35. The maximum absolute atomic E-state index is 13.5. The van der Waals surface area contributed by atoms with E-state index < -0.39 is 17.9 Å². The van der Waals surface area contributed by atoms with Crippen LogP contribution in [0.4, 0.5) is 23.2 Å². The Morgan fingerprint density at radius 3 is 2.53 bits per heavy atom. The van der Waals surface area contributed by atoms with Crippen molar-refractivity contribution in [2.75, 3.05) is 11.4 Å². The van der Waals surface area contributed by atoms with Gasteiger partial charge in [0.1, 0.15) is 0 Å². The zero-order valence-electron chi connectivity index (χ0n) is 9.38. The van der Waals surface area contributed by atoms with Crippen molar-refractivity contribution >= 4 is 27.5 Å². The van der Waals surface area contributed by atoms with Gasteiger partial charge in [0, 0.05) is 29.5 Å². The van der Waals surface area contributed by atoms with E-state index in [0.29, 0.717) is 6.54 Å². The number of rotatable bonds is 2. The number of carbonyl (C=O) groups excluding carboxylic acids is 1. The van der Waals surface area contributed by atoms with Crippen LogP contribution in [0.15, 0.2) is 18.2 Å². The molecule has 1 aliphatic heterocycles. The Hall–Kier alpha value is -1.31. The van der Waals surface area contributed by atoms with Crippen molar-refractivity contribution in [2.45, 2.75) is 17.6 Å². The standard InChI is InChI=1S/C11H8BrF4NO2/c12-6-3-10(18)17(5-6)7-1-2-9(8(13)4-7)19-11(14,15)16/h1-2,4,6H,3,5H2. The molecule has 1 amide bonds. The molecule has 1 aromatic carbocycles. The molecular weight excluding hydrogens is 334 g/mol. The summed E-state index contributed by atoms with van der Waals surface area (Å²) in [5, 5.41) is 0. The average molecular weight is 342 g/mol. The minimum atomic E-state index is -4.95. The lowest BCUT2D eigenvalue weighted by atomic mass is 10.2. The van der Waals surface area contributed by atoms with Crippen molar-refractivity contribution < 1.29 is 27.1 Å². The molecule has 0 saturated carbocycles. The number of carbonyl (C=O) groups is 1. The molecule has 19 heavy (non-hydrogen) atoms. The Kier molecular flexibility index (Phi) is 3.71. The molecular formula is C11H8BrF4NO2.